The molecular formula is C10H8BF4N2-. The average molecular weight is 243 g/mol. The molecule has 0 bridgehead atoms. The Labute approximate surface area is 94.9 Å². The van der Waals surface area contributed by atoms with Gasteiger partial charge in [0.15, 0.2) is 0 Å². The van der Waals surface area contributed by atoms with Gasteiger partial charge in [0, 0.05) is 12.4 Å². The van der Waals surface area contributed by atoms with Crippen LogP contribution in [0.4, 0.5) is 17.3 Å². The minimum atomic E-state index is -5.32. The maximum atomic E-state index is 13.0. The first-order valence-corrected chi connectivity index (χ1v) is 4.92. The van der Waals surface area contributed by atoms with Crippen molar-refractivity contribution in [3.63, 3.8) is 0 Å². The summed E-state index contributed by atoms with van der Waals surface area (Å²) in [7, 11) is 0. The minimum Gasteiger partial charge on any atom is -0.445 e. The quantitative estimate of drug-likeness (QED) is 0.596. The van der Waals surface area contributed by atoms with Gasteiger partial charge in [-0.15, -0.1) is 0 Å². The Morgan fingerprint density at radius 1 is 1.24 bits per heavy atom. The fourth-order valence-electron chi connectivity index (χ4n) is 1.52. The van der Waals surface area contributed by atoms with Gasteiger partial charge in [-0.05, 0) is 17.7 Å². The summed E-state index contributed by atoms with van der Waals surface area (Å²) >= 11 is 0. The van der Waals surface area contributed by atoms with Gasteiger partial charge in [0.25, 0.3) is 0 Å². The zero-order valence-corrected chi connectivity index (χ0v) is 8.65. The topological polar surface area (TPSA) is 17.8 Å². The fraction of sp³-hybridized carbons (Fsp3) is 0.100. The van der Waals surface area contributed by atoms with Crippen molar-refractivity contribution in [2.45, 2.75) is 6.54 Å². The van der Waals surface area contributed by atoms with E-state index in [1.165, 1.54) is 16.9 Å². The molecule has 2 aromatic rings. The molecular weight excluding hydrogens is 235 g/mol. The Bertz CT molecular complexity index is 508. The van der Waals surface area contributed by atoms with Crippen LogP contribution >= 0.6 is 0 Å². The van der Waals surface area contributed by atoms with E-state index in [4.69, 9.17) is 0 Å². The van der Waals surface area contributed by atoms with Crippen LogP contribution in [0.2, 0.25) is 0 Å². The summed E-state index contributed by atoms with van der Waals surface area (Å²) in [5.74, 6) is -1.23. The van der Waals surface area contributed by atoms with Crippen LogP contribution < -0.4 is 5.46 Å². The van der Waals surface area contributed by atoms with E-state index in [2.05, 4.69) is 5.10 Å². The van der Waals surface area contributed by atoms with Gasteiger partial charge in [0.1, 0.15) is 0 Å². The normalized spacial score (nSPS) is 11.8. The van der Waals surface area contributed by atoms with Crippen molar-refractivity contribution in [2.24, 2.45) is 0 Å². The van der Waals surface area contributed by atoms with Gasteiger partial charge in [0.2, 0.25) is 0 Å². The molecule has 0 aliphatic heterocycles. The highest BCUT2D eigenvalue weighted by molar-refractivity contribution is 6.73. The molecule has 0 saturated heterocycles. The van der Waals surface area contributed by atoms with Gasteiger partial charge in [-0.25, -0.2) is 4.39 Å². The molecule has 0 N–H and O–H groups in total. The van der Waals surface area contributed by atoms with Crippen molar-refractivity contribution < 1.29 is 17.3 Å². The Morgan fingerprint density at radius 3 is 2.59 bits per heavy atom. The third-order valence-corrected chi connectivity index (χ3v) is 2.32. The van der Waals surface area contributed by atoms with Crippen LogP contribution in [-0.2, 0) is 6.54 Å². The van der Waals surface area contributed by atoms with Gasteiger partial charge < -0.3 is 12.9 Å². The molecule has 90 valence electrons. The molecule has 17 heavy (non-hydrogen) atoms. The van der Waals surface area contributed by atoms with Crippen LogP contribution in [0.5, 0.6) is 0 Å². The van der Waals surface area contributed by atoms with E-state index in [1.807, 2.05) is 0 Å². The number of rotatable bonds is 3. The molecule has 0 atom stereocenters. The maximum absolute atomic E-state index is 13.0. The summed E-state index contributed by atoms with van der Waals surface area (Å²) in [5, 5.41) is 3.87. The number of aromatic nitrogens is 2. The van der Waals surface area contributed by atoms with Crippen LogP contribution in [0, 0.1) is 5.82 Å². The largest absolute Gasteiger partial charge is 0.512 e. The third-order valence-electron chi connectivity index (χ3n) is 2.32. The van der Waals surface area contributed by atoms with Gasteiger partial charge in [0.05, 0.1) is 12.4 Å². The molecule has 7 heteroatoms. The van der Waals surface area contributed by atoms with E-state index in [1.54, 1.807) is 12.3 Å². The van der Waals surface area contributed by atoms with Gasteiger partial charge in [-0.2, -0.15) is 5.10 Å². The maximum Gasteiger partial charge on any atom is 0.512 e. The predicted molar refractivity (Wildman–Crippen MR) is 56.4 cm³/mol. The Hall–Kier alpha value is -1.79. The molecule has 2 rings (SSSR count). The summed E-state index contributed by atoms with van der Waals surface area (Å²) in [5.41, 5.74) is -0.820. The Balaban J connectivity index is 2.31. The standard InChI is InChI=1S/C10H8BF4N2/c12-10-3-2-8(6-9(10)11(13,14)15)7-17-5-1-4-16-17/h1-6H,7H2/q-1. The molecule has 1 aromatic heterocycles. The molecule has 0 fully saturated rings. The van der Waals surface area contributed by atoms with E-state index >= 15 is 0 Å². The van der Waals surface area contributed by atoms with E-state index in [9.17, 15) is 17.3 Å². The summed E-state index contributed by atoms with van der Waals surface area (Å²) < 4.78 is 52.0. The van der Waals surface area contributed by atoms with Crippen LogP contribution in [0.25, 0.3) is 0 Å². The van der Waals surface area contributed by atoms with Crippen LogP contribution in [-0.4, -0.2) is 16.8 Å². The molecule has 0 unspecified atom stereocenters. The van der Waals surface area contributed by atoms with E-state index in [-0.39, 0.29) is 6.54 Å². The highest BCUT2D eigenvalue weighted by atomic mass is 19.4. The SMILES string of the molecule is Fc1ccc(Cn2cccn2)cc1[B-](F)(F)F. The zero-order valence-electron chi connectivity index (χ0n) is 8.65. The molecule has 0 radical (unpaired) electrons. The smallest absolute Gasteiger partial charge is 0.445 e. The van der Waals surface area contributed by atoms with Crippen molar-refractivity contribution in [1.29, 1.82) is 0 Å². The second-order valence-electron chi connectivity index (χ2n) is 3.63. The average Bonchev–Trinajstić information content (AvgIpc) is 2.72. The number of benzene rings is 1. The molecule has 0 saturated carbocycles. The zero-order chi connectivity index (χ0) is 12.5. The molecule has 0 spiro atoms. The molecule has 1 aromatic carbocycles. The first kappa shape index (κ1) is 11.7. The predicted octanol–water partition coefficient (Wildman–Crippen LogP) is 2.12. The summed E-state index contributed by atoms with van der Waals surface area (Å²) in [6, 6.07) is 4.65. The fourth-order valence-corrected chi connectivity index (χ4v) is 1.52. The number of hydrogen-bond acceptors (Lipinski definition) is 1. The van der Waals surface area contributed by atoms with Crippen molar-refractivity contribution in [3.05, 3.63) is 48.0 Å². The van der Waals surface area contributed by atoms with Gasteiger partial charge in [-0.1, -0.05) is 17.6 Å². The lowest BCUT2D eigenvalue weighted by atomic mass is 9.79. The Morgan fingerprint density at radius 2 is 2.00 bits per heavy atom. The molecule has 1 heterocycles. The Kier molecular flexibility index (Phi) is 2.91. The first-order valence-electron chi connectivity index (χ1n) is 4.92. The van der Waals surface area contributed by atoms with Crippen LogP contribution in [0.3, 0.4) is 0 Å². The lowest BCUT2D eigenvalue weighted by molar-refractivity contribution is 0.494. The number of hydrogen-bond donors (Lipinski definition) is 0. The second-order valence-corrected chi connectivity index (χ2v) is 3.63. The number of nitrogens with zero attached hydrogens (tertiary/aromatic N) is 2. The molecule has 0 aliphatic rings. The monoisotopic (exact) mass is 243 g/mol. The summed E-state index contributed by atoms with van der Waals surface area (Å²) in [6.07, 6.45) is 3.15. The lowest BCUT2D eigenvalue weighted by Gasteiger charge is -2.17. The van der Waals surface area contributed by atoms with Crippen molar-refractivity contribution in [3.8, 4) is 0 Å². The molecule has 0 amide bonds. The van der Waals surface area contributed by atoms with Gasteiger partial charge >= 0.3 is 6.98 Å². The van der Waals surface area contributed by atoms with Crippen molar-refractivity contribution in [1.82, 2.24) is 9.78 Å². The molecule has 2 nitrogen and oxygen atoms in total. The van der Waals surface area contributed by atoms with Crippen LogP contribution in [0.15, 0.2) is 36.7 Å². The van der Waals surface area contributed by atoms with E-state index in [0.717, 1.165) is 12.1 Å². The first-order chi connectivity index (χ1) is 7.97. The number of halogens is 4. The minimum absolute atomic E-state index is 0.187. The van der Waals surface area contributed by atoms with Crippen LogP contribution in [0.1, 0.15) is 5.56 Å². The third kappa shape index (κ3) is 2.66. The highest BCUT2D eigenvalue weighted by Crippen LogP contribution is 2.13. The van der Waals surface area contributed by atoms with Crippen molar-refractivity contribution in [2.75, 3.05) is 0 Å². The van der Waals surface area contributed by atoms with Gasteiger partial charge in [-0.3, -0.25) is 4.68 Å². The van der Waals surface area contributed by atoms with Crippen molar-refractivity contribution >= 4 is 12.4 Å². The molecule has 0 aliphatic carbocycles. The van der Waals surface area contributed by atoms with E-state index in [0.29, 0.717) is 5.56 Å². The summed E-state index contributed by atoms with van der Waals surface area (Å²) in [6.45, 7) is -5.14. The highest BCUT2D eigenvalue weighted by Gasteiger charge is 2.29. The van der Waals surface area contributed by atoms with E-state index < -0.39 is 18.3 Å². The lowest BCUT2D eigenvalue weighted by Crippen LogP contribution is -2.37. The second kappa shape index (κ2) is 4.23. The summed E-state index contributed by atoms with van der Waals surface area (Å²) in [4.78, 5) is 0.